The maximum atomic E-state index is 12.3. The number of rotatable bonds is 1. The second-order valence-corrected chi connectivity index (χ2v) is 4.46. The molecule has 1 aromatic rings. The molecule has 0 unspecified atom stereocenters. The van der Waals surface area contributed by atoms with Gasteiger partial charge in [0.1, 0.15) is 5.75 Å². The summed E-state index contributed by atoms with van der Waals surface area (Å²) in [4.78, 5) is 24.8. The zero-order valence-corrected chi connectivity index (χ0v) is 11.0. The molecule has 114 valence electrons. The van der Waals surface area contributed by atoms with E-state index < -0.39 is 18.2 Å². The van der Waals surface area contributed by atoms with Crippen LogP contribution in [0.2, 0.25) is 0 Å². The lowest BCUT2D eigenvalue weighted by atomic mass is 10.3. The SMILES string of the molecule is O=C(Oc1ccccc1)N1CCN(C(=O)C(F)(F)F)CC1. The fourth-order valence-corrected chi connectivity index (χ4v) is 1.93. The molecule has 0 bridgehead atoms. The number of carbonyl (C=O) groups excluding carboxylic acids is 2. The second kappa shape index (κ2) is 6.02. The van der Waals surface area contributed by atoms with Crippen LogP contribution in [-0.2, 0) is 4.79 Å². The Morgan fingerprint density at radius 3 is 2.00 bits per heavy atom. The van der Waals surface area contributed by atoms with E-state index in [1.54, 1.807) is 30.3 Å². The van der Waals surface area contributed by atoms with Gasteiger partial charge in [-0.2, -0.15) is 13.2 Å². The van der Waals surface area contributed by atoms with Crippen LogP contribution in [0.3, 0.4) is 0 Å². The number of para-hydroxylation sites is 1. The smallest absolute Gasteiger partial charge is 0.410 e. The topological polar surface area (TPSA) is 49.9 Å². The summed E-state index contributed by atoms with van der Waals surface area (Å²) in [5.74, 6) is -1.52. The van der Waals surface area contributed by atoms with Crippen molar-refractivity contribution < 1.29 is 27.5 Å². The Morgan fingerprint density at radius 1 is 0.952 bits per heavy atom. The zero-order valence-electron chi connectivity index (χ0n) is 11.0. The molecule has 21 heavy (non-hydrogen) atoms. The first-order chi connectivity index (χ1) is 9.88. The number of alkyl halides is 3. The summed E-state index contributed by atoms with van der Waals surface area (Å²) in [6, 6.07) is 8.35. The van der Waals surface area contributed by atoms with Crippen LogP contribution >= 0.6 is 0 Å². The third-order valence-electron chi connectivity index (χ3n) is 3.02. The Labute approximate surface area is 118 Å². The Morgan fingerprint density at radius 2 is 1.48 bits per heavy atom. The summed E-state index contributed by atoms with van der Waals surface area (Å²) in [5.41, 5.74) is 0. The van der Waals surface area contributed by atoms with Gasteiger partial charge >= 0.3 is 18.2 Å². The molecule has 1 aliphatic rings. The Bertz CT molecular complexity index is 511. The molecule has 5 nitrogen and oxygen atoms in total. The van der Waals surface area contributed by atoms with Crippen molar-refractivity contribution in [2.24, 2.45) is 0 Å². The third-order valence-corrected chi connectivity index (χ3v) is 3.02. The van der Waals surface area contributed by atoms with Gasteiger partial charge in [0.05, 0.1) is 0 Å². The van der Waals surface area contributed by atoms with Crippen LogP contribution < -0.4 is 4.74 Å². The van der Waals surface area contributed by atoms with E-state index in [4.69, 9.17) is 4.74 Å². The summed E-state index contributed by atoms with van der Waals surface area (Å²) in [7, 11) is 0. The van der Waals surface area contributed by atoms with Crippen molar-refractivity contribution in [1.29, 1.82) is 0 Å². The normalized spacial score (nSPS) is 15.8. The minimum Gasteiger partial charge on any atom is -0.410 e. The second-order valence-electron chi connectivity index (χ2n) is 4.46. The number of hydrogen-bond acceptors (Lipinski definition) is 3. The van der Waals surface area contributed by atoms with Crippen LogP contribution in [-0.4, -0.2) is 54.2 Å². The van der Waals surface area contributed by atoms with Crippen LogP contribution in [0.4, 0.5) is 18.0 Å². The van der Waals surface area contributed by atoms with Crippen molar-refractivity contribution in [3.8, 4) is 5.75 Å². The molecular formula is C13H13F3N2O3. The minimum atomic E-state index is -4.88. The molecule has 1 aromatic carbocycles. The number of benzene rings is 1. The number of ether oxygens (including phenoxy) is 1. The Kier molecular flexibility index (Phi) is 4.35. The van der Waals surface area contributed by atoms with E-state index in [1.165, 1.54) is 4.90 Å². The highest BCUT2D eigenvalue weighted by Gasteiger charge is 2.43. The van der Waals surface area contributed by atoms with E-state index in [0.29, 0.717) is 10.6 Å². The van der Waals surface area contributed by atoms with Gasteiger partial charge in [-0.15, -0.1) is 0 Å². The first kappa shape index (κ1) is 15.1. The highest BCUT2D eigenvalue weighted by atomic mass is 19.4. The molecule has 0 spiro atoms. The summed E-state index contributed by atoms with van der Waals surface area (Å²) in [6.07, 6.45) is -5.52. The van der Waals surface area contributed by atoms with Gasteiger partial charge in [-0.05, 0) is 12.1 Å². The Hall–Kier alpha value is -2.25. The van der Waals surface area contributed by atoms with Crippen LogP contribution in [0.25, 0.3) is 0 Å². The average Bonchev–Trinajstić information content (AvgIpc) is 2.46. The molecule has 0 N–H and O–H groups in total. The quantitative estimate of drug-likeness (QED) is 0.796. The van der Waals surface area contributed by atoms with E-state index >= 15 is 0 Å². The molecule has 2 rings (SSSR count). The molecule has 0 radical (unpaired) electrons. The van der Waals surface area contributed by atoms with Gasteiger partial charge in [0.2, 0.25) is 0 Å². The fourth-order valence-electron chi connectivity index (χ4n) is 1.93. The van der Waals surface area contributed by atoms with Crippen molar-refractivity contribution in [3.63, 3.8) is 0 Å². The summed E-state index contributed by atoms with van der Waals surface area (Å²) >= 11 is 0. The highest BCUT2D eigenvalue weighted by Crippen LogP contribution is 2.20. The number of amides is 2. The van der Waals surface area contributed by atoms with Gasteiger partial charge in [-0.1, -0.05) is 18.2 Å². The number of nitrogens with zero attached hydrogens (tertiary/aromatic N) is 2. The first-order valence-corrected chi connectivity index (χ1v) is 6.26. The number of hydrogen-bond donors (Lipinski definition) is 0. The van der Waals surface area contributed by atoms with Crippen LogP contribution in [0.5, 0.6) is 5.75 Å². The molecule has 0 saturated carbocycles. The Balaban J connectivity index is 1.86. The van der Waals surface area contributed by atoms with E-state index in [-0.39, 0.29) is 26.2 Å². The van der Waals surface area contributed by atoms with Gasteiger partial charge in [0.25, 0.3) is 0 Å². The maximum Gasteiger partial charge on any atom is 0.471 e. The molecule has 0 aromatic heterocycles. The number of piperazine rings is 1. The van der Waals surface area contributed by atoms with Gasteiger partial charge in [-0.25, -0.2) is 4.79 Å². The van der Waals surface area contributed by atoms with E-state index in [0.717, 1.165) is 0 Å². The average molecular weight is 302 g/mol. The molecule has 1 saturated heterocycles. The predicted molar refractivity (Wildman–Crippen MR) is 66.7 cm³/mol. The molecule has 1 fully saturated rings. The lowest BCUT2D eigenvalue weighted by molar-refractivity contribution is -0.186. The van der Waals surface area contributed by atoms with Crippen molar-refractivity contribution in [2.75, 3.05) is 26.2 Å². The third kappa shape index (κ3) is 3.87. The molecule has 1 aliphatic heterocycles. The van der Waals surface area contributed by atoms with Crippen LogP contribution in [0.15, 0.2) is 30.3 Å². The van der Waals surface area contributed by atoms with E-state index in [1.807, 2.05) is 0 Å². The molecule has 8 heteroatoms. The van der Waals surface area contributed by atoms with Gasteiger partial charge in [-0.3, -0.25) is 4.79 Å². The minimum absolute atomic E-state index is 0.00743. The zero-order chi connectivity index (χ0) is 15.5. The molecule has 0 atom stereocenters. The summed E-state index contributed by atoms with van der Waals surface area (Å²) in [6.45, 7) is -0.314. The molecule has 1 heterocycles. The van der Waals surface area contributed by atoms with Crippen molar-refractivity contribution in [2.45, 2.75) is 6.18 Å². The van der Waals surface area contributed by atoms with Gasteiger partial charge in [0.15, 0.2) is 0 Å². The summed E-state index contributed by atoms with van der Waals surface area (Å²) in [5, 5.41) is 0. The summed E-state index contributed by atoms with van der Waals surface area (Å²) < 4.78 is 41.9. The fraction of sp³-hybridized carbons (Fsp3) is 0.385. The number of halogens is 3. The lowest BCUT2D eigenvalue weighted by Crippen LogP contribution is -2.54. The van der Waals surface area contributed by atoms with Crippen molar-refractivity contribution >= 4 is 12.0 Å². The van der Waals surface area contributed by atoms with E-state index in [9.17, 15) is 22.8 Å². The van der Waals surface area contributed by atoms with Crippen molar-refractivity contribution in [3.05, 3.63) is 30.3 Å². The standard InChI is InChI=1S/C13H13F3N2O3/c14-13(15,16)11(19)17-6-8-18(9-7-17)12(20)21-10-4-2-1-3-5-10/h1-5H,6-9H2. The van der Waals surface area contributed by atoms with Gasteiger partial charge < -0.3 is 14.5 Å². The predicted octanol–water partition coefficient (Wildman–Crippen LogP) is 1.89. The lowest BCUT2D eigenvalue weighted by Gasteiger charge is -2.34. The largest absolute Gasteiger partial charge is 0.471 e. The van der Waals surface area contributed by atoms with Crippen molar-refractivity contribution in [1.82, 2.24) is 9.80 Å². The van der Waals surface area contributed by atoms with Gasteiger partial charge in [0, 0.05) is 26.2 Å². The van der Waals surface area contributed by atoms with Crippen LogP contribution in [0, 0.1) is 0 Å². The molecular weight excluding hydrogens is 289 g/mol. The van der Waals surface area contributed by atoms with E-state index in [2.05, 4.69) is 0 Å². The highest BCUT2D eigenvalue weighted by molar-refractivity contribution is 5.82. The van der Waals surface area contributed by atoms with Crippen LogP contribution in [0.1, 0.15) is 0 Å². The molecule has 0 aliphatic carbocycles. The maximum absolute atomic E-state index is 12.3. The first-order valence-electron chi connectivity index (χ1n) is 6.26. The molecule has 2 amide bonds. The number of carbonyl (C=O) groups is 2. The monoisotopic (exact) mass is 302 g/mol.